The number of fused-ring (bicyclic) bond motifs is 7. The molecular weight excluding hydrogens is 428 g/mol. The third-order valence-corrected chi connectivity index (χ3v) is 11.5. The lowest BCUT2D eigenvalue weighted by Crippen LogP contribution is -2.67. The molecule has 0 radical (unpaired) electrons. The maximum absolute atomic E-state index is 13.6. The highest BCUT2D eigenvalue weighted by atomic mass is 16.5. The van der Waals surface area contributed by atoms with Gasteiger partial charge in [-0.3, -0.25) is 9.59 Å². The van der Waals surface area contributed by atoms with Gasteiger partial charge in [-0.25, -0.2) is 0 Å². The molecule has 4 saturated carbocycles. The molecule has 1 heterocycles. The van der Waals surface area contributed by atoms with Gasteiger partial charge < -0.3 is 14.6 Å². The molecule has 5 rings (SSSR count). The van der Waals surface area contributed by atoms with Crippen molar-refractivity contribution in [2.75, 3.05) is 0 Å². The van der Waals surface area contributed by atoms with Crippen molar-refractivity contribution in [3.63, 3.8) is 0 Å². The smallest absolute Gasteiger partial charge is 0.302 e. The Kier molecular flexibility index (Phi) is 6.04. The van der Waals surface area contributed by atoms with E-state index in [0.717, 1.165) is 38.5 Å². The maximum atomic E-state index is 13.6. The molecule has 5 nitrogen and oxygen atoms in total. The minimum atomic E-state index is -1.37. The molecular formula is C29H46O5. The number of rotatable bonds is 4. The Bertz CT molecular complexity index is 838. The van der Waals surface area contributed by atoms with Crippen LogP contribution in [-0.2, 0) is 19.1 Å². The van der Waals surface area contributed by atoms with E-state index >= 15 is 0 Å². The van der Waals surface area contributed by atoms with E-state index in [0.29, 0.717) is 54.1 Å². The fourth-order valence-corrected chi connectivity index (χ4v) is 9.85. The number of ether oxygens (including phenoxy) is 2. The van der Waals surface area contributed by atoms with Crippen molar-refractivity contribution >= 4 is 11.8 Å². The average Bonchev–Trinajstić information content (AvgIpc) is 3.22. The summed E-state index contributed by atoms with van der Waals surface area (Å²) in [7, 11) is 0. The Hall–Kier alpha value is -0.940. The van der Waals surface area contributed by atoms with Crippen LogP contribution >= 0.6 is 0 Å². The summed E-state index contributed by atoms with van der Waals surface area (Å²) in [5.74, 6) is 2.68. The van der Waals surface area contributed by atoms with Gasteiger partial charge in [0.25, 0.3) is 0 Å². The first-order chi connectivity index (χ1) is 15.9. The SMILES string of the molecule is CC(=O)O[C@H]1CC[C@]2(C)[C@H]3CC[C@]4(C)[C@H]5[C@H](C)[C@@H](CCC(C)C)O[C@H]5C[C@H]4[C@@H]3CC(=O)[C@@]2(O)C1. The second kappa shape index (κ2) is 8.30. The molecule has 4 aliphatic carbocycles. The predicted octanol–water partition coefficient (Wildman–Crippen LogP) is 5.32. The molecule has 1 aliphatic heterocycles. The van der Waals surface area contributed by atoms with Crippen molar-refractivity contribution in [3.05, 3.63) is 0 Å². The molecule has 11 atom stereocenters. The molecule has 0 aromatic heterocycles. The van der Waals surface area contributed by atoms with Gasteiger partial charge in [0.1, 0.15) is 11.7 Å². The summed E-state index contributed by atoms with van der Waals surface area (Å²) in [6, 6.07) is 0. The predicted molar refractivity (Wildman–Crippen MR) is 130 cm³/mol. The van der Waals surface area contributed by atoms with Crippen molar-refractivity contribution in [1.29, 1.82) is 0 Å². The Morgan fingerprint density at radius 1 is 1.21 bits per heavy atom. The zero-order valence-electron chi connectivity index (χ0n) is 22.1. The van der Waals surface area contributed by atoms with Gasteiger partial charge in [0.2, 0.25) is 0 Å². The van der Waals surface area contributed by atoms with Gasteiger partial charge in [0.15, 0.2) is 5.78 Å². The molecule has 1 N–H and O–H groups in total. The second-order valence-corrected chi connectivity index (χ2v) is 13.6. The molecule has 0 amide bonds. The Labute approximate surface area is 205 Å². The third kappa shape index (κ3) is 3.46. The molecule has 0 aromatic carbocycles. The van der Waals surface area contributed by atoms with Crippen LogP contribution < -0.4 is 0 Å². The van der Waals surface area contributed by atoms with Gasteiger partial charge >= 0.3 is 5.97 Å². The van der Waals surface area contributed by atoms with Gasteiger partial charge in [-0.2, -0.15) is 0 Å². The highest BCUT2D eigenvalue weighted by molar-refractivity contribution is 5.89. The number of carbonyl (C=O) groups excluding carboxylic acids is 2. The average molecular weight is 475 g/mol. The molecule has 5 aliphatic rings. The lowest BCUT2D eigenvalue weighted by Gasteiger charge is -2.63. The number of Topliss-reactive ketones (excluding diaryl/α,β-unsaturated/α-hetero) is 1. The zero-order chi connectivity index (χ0) is 24.6. The summed E-state index contributed by atoms with van der Waals surface area (Å²) in [6.07, 6.45) is 8.25. The van der Waals surface area contributed by atoms with Gasteiger partial charge in [-0.15, -0.1) is 0 Å². The number of hydrogen-bond acceptors (Lipinski definition) is 5. The molecule has 34 heavy (non-hydrogen) atoms. The lowest BCUT2D eigenvalue weighted by atomic mass is 9.42. The minimum Gasteiger partial charge on any atom is -0.462 e. The van der Waals surface area contributed by atoms with E-state index in [2.05, 4.69) is 34.6 Å². The molecule has 0 spiro atoms. The van der Waals surface area contributed by atoms with E-state index < -0.39 is 11.0 Å². The first-order valence-electron chi connectivity index (χ1n) is 14.0. The van der Waals surface area contributed by atoms with E-state index in [4.69, 9.17) is 9.47 Å². The number of aliphatic hydroxyl groups is 1. The van der Waals surface area contributed by atoms with Crippen LogP contribution in [0.3, 0.4) is 0 Å². The van der Waals surface area contributed by atoms with Gasteiger partial charge in [-0.1, -0.05) is 34.6 Å². The van der Waals surface area contributed by atoms with Crippen LogP contribution in [0.2, 0.25) is 0 Å². The van der Waals surface area contributed by atoms with E-state index in [-0.39, 0.29) is 29.7 Å². The second-order valence-electron chi connectivity index (χ2n) is 13.6. The van der Waals surface area contributed by atoms with Crippen LogP contribution in [0.4, 0.5) is 0 Å². The summed E-state index contributed by atoms with van der Waals surface area (Å²) >= 11 is 0. The molecule has 0 unspecified atom stereocenters. The van der Waals surface area contributed by atoms with Gasteiger partial charge in [0.05, 0.1) is 12.2 Å². The van der Waals surface area contributed by atoms with Crippen molar-refractivity contribution in [2.45, 2.75) is 123 Å². The largest absolute Gasteiger partial charge is 0.462 e. The van der Waals surface area contributed by atoms with Gasteiger partial charge in [0, 0.05) is 25.2 Å². The molecule has 0 bridgehead atoms. The van der Waals surface area contributed by atoms with Crippen LogP contribution in [-0.4, -0.2) is 40.8 Å². The lowest BCUT2D eigenvalue weighted by molar-refractivity contribution is -0.217. The Balaban J connectivity index is 1.37. The van der Waals surface area contributed by atoms with E-state index in [1.165, 1.54) is 13.3 Å². The molecule has 0 aromatic rings. The normalized spacial score (nSPS) is 52.1. The number of carbonyl (C=O) groups is 2. The van der Waals surface area contributed by atoms with E-state index in [1.807, 2.05) is 0 Å². The highest BCUT2D eigenvalue weighted by Gasteiger charge is 2.70. The zero-order valence-corrected chi connectivity index (χ0v) is 22.1. The fourth-order valence-electron chi connectivity index (χ4n) is 9.85. The Morgan fingerprint density at radius 3 is 2.62 bits per heavy atom. The first-order valence-corrected chi connectivity index (χ1v) is 14.0. The summed E-state index contributed by atoms with van der Waals surface area (Å²) in [4.78, 5) is 25.2. The number of hydrogen-bond donors (Lipinski definition) is 1. The quantitative estimate of drug-likeness (QED) is 0.558. The summed E-state index contributed by atoms with van der Waals surface area (Å²) in [5, 5.41) is 11.8. The molecule has 5 heteroatoms. The fraction of sp³-hybridized carbons (Fsp3) is 0.931. The molecule has 192 valence electrons. The van der Waals surface area contributed by atoms with Crippen LogP contribution in [0.1, 0.15) is 99.3 Å². The van der Waals surface area contributed by atoms with Crippen LogP contribution in [0, 0.1) is 46.3 Å². The van der Waals surface area contributed by atoms with Crippen molar-refractivity contribution in [2.24, 2.45) is 46.3 Å². The topological polar surface area (TPSA) is 72.8 Å². The number of ketones is 1. The van der Waals surface area contributed by atoms with Crippen LogP contribution in [0.15, 0.2) is 0 Å². The Morgan fingerprint density at radius 2 is 1.94 bits per heavy atom. The van der Waals surface area contributed by atoms with Gasteiger partial charge in [-0.05, 0) is 85.9 Å². The monoisotopic (exact) mass is 474 g/mol. The minimum absolute atomic E-state index is 0.0156. The maximum Gasteiger partial charge on any atom is 0.302 e. The van der Waals surface area contributed by atoms with E-state index in [1.54, 1.807) is 0 Å². The standard InChI is InChI=1S/C29H46O5/c1-16(2)7-8-23-17(3)26-24(34-23)14-22-20-13-25(31)29(32)15-19(33-18(4)30)9-12-28(29,6)21(20)10-11-27(22,26)5/h16-17,19-24,26,32H,7-15H2,1-6H3/t17-,19+,20-,21+,22+,23-,24+,26+,27+,28-,29+/m1/s1. The number of esters is 1. The summed E-state index contributed by atoms with van der Waals surface area (Å²) in [6.45, 7) is 13.1. The summed E-state index contributed by atoms with van der Waals surface area (Å²) in [5.41, 5.74) is -1.59. The van der Waals surface area contributed by atoms with Crippen LogP contribution in [0.25, 0.3) is 0 Å². The van der Waals surface area contributed by atoms with Crippen molar-refractivity contribution < 1.29 is 24.2 Å². The molecule has 1 saturated heterocycles. The van der Waals surface area contributed by atoms with Crippen LogP contribution in [0.5, 0.6) is 0 Å². The van der Waals surface area contributed by atoms with Crippen molar-refractivity contribution in [1.82, 2.24) is 0 Å². The third-order valence-electron chi connectivity index (χ3n) is 11.5. The highest BCUT2D eigenvalue weighted by Crippen LogP contribution is 2.70. The first kappa shape index (κ1) is 24.7. The summed E-state index contributed by atoms with van der Waals surface area (Å²) < 4.78 is 12.2. The molecule has 5 fully saturated rings. The van der Waals surface area contributed by atoms with Crippen molar-refractivity contribution in [3.8, 4) is 0 Å². The van der Waals surface area contributed by atoms with E-state index in [9.17, 15) is 14.7 Å².